The number of hydrogen-bond donors (Lipinski definition) is 2. The minimum absolute atomic E-state index is 0.312. The van der Waals surface area contributed by atoms with Crippen molar-refractivity contribution in [2.45, 2.75) is 6.73 Å². The fourth-order valence-corrected chi connectivity index (χ4v) is 3.28. The summed E-state index contributed by atoms with van der Waals surface area (Å²) in [4.78, 5) is 0. The summed E-state index contributed by atoms with van der Waals surface area (Å²) in [6.45, 7) is 0.312. The average molecular weight is 453 g/mol. The van der Waals surface area contributed by atoms with Crippen LogP contribution in [0.2, 0.25) is 0 Å². The van der Waals surface area contributed by atoms with Crippen LogP contribution in [0.15, 0.2) is 83.6 Å². The van der Waals surface area contributed by atoms with Crippen molar-refractivity contribution in [2.24, 2.45) is 0 Å². The van der Waals surface area contributed by atoms with Gasteiger partial charge < -0.3 is 15.4 Å². The van der Waals surface area contributed by atoms with Crippen LogP contribution in [0.25, 0.3) is 10.8 Å². The Bertz CT molecular complexity index is 1110. The van der Waals surface area contributed by atoms with Crippen LogP contribution >= 0.6 is 28.1 Å². The molecule has 0 atom stereocenters. The predicted octanol–water partition coefficient (Wildman–Crippen LogP) is 5.64. The van der Waals surface area contributed by atoms with Crippen LogP contribution in [0.4, 0.5) is 11.4 Å². The number of anilines is 2. The summed E-state index contributed by atoms with van der Waals surface area (Å²) in [7, 11) is 0. The number of hydrogen-bond acceptors (Lipinski definition) is 3. The number of fused-ring (bicyclic) bond motifs is 1. The SMILES string of the molecule is S=C(Nc1cnn(COc2ccc(Br)cc2)c1)Nc1cccc2ccccc12. The van der Waals surface area contributed by atoms with E-state index >= 15 is 0 Å². The number of ether oxygens (including phenoxy) is 1. The molecule has 2 N–H and O–H groups in total. The molecule has 0 aliphatic heterocycles. The lowest BCUT2D eigenvalue weighted by atomic mass is 10.1. The van der Waals surface area contributed by atoms with E-state index in [2.05, 4.69) is 49.9 Å². The first kappa shape index (κ1) is 18.5. The van der Waals surface area contributed by atoms with Crippen molar-refractivity contribution >= 4 is 55.4 Å². The molecule has 0 fully saturated rings. The van der Waals surface area contributed by atoms with Crippen molar-refractivity contribution in [3.8, 4) is 5.75 Å². The highest BCUT2D eigenvalue weighted by Crippen LogP contribution is 2.23. The molecule has 0 unspecified atom stereocenters. The van der Waals surface area contributed by atoms with Crippen LogP contribution in [0.5, 0.6) is 5.75 Å². The standard InChI is InChI=1S/C21H17BrN4OS/c22-16-8-10-18(11-9-16)27-14-26-13-17(12-23-26)24-21(28)25-20-7-3-5-15-4-1-2-6-19(15)20/h1-13H,14H2,(H2,24,25,28). The Morgan fingerprint density at radius 2 is 1.79 bits per heavy atom. The van der Waals surface area contributed by atoms with Crippen molar-refractivity contribution in [1.29, 1.82) is 0 Å². The molecular weight excluding hydrogens is 436 g/mol. The molecule has 3 aromatic carbocycles. The summed E-state index contributed by atoms with van der Waals surface area (Å²) in [6.07, 6.45) is 3.55. The van der Waals surface area contributed by atoms with Crippen LogP contribution in [-0.4, -0.2) is 14.9 Å². The summed E-state index contributed by atoms with van der Waals surface area (Å²) in [6, 6.07) is 21.9. The van der Waals surface area contributed by atoms with Gasteiger partial charge >= 0.3 is 0 Å². The topological polar surface area (TPSA) is 51.1 Å². The normalized spacial score (nSPS) is 10.6. The molecule has 0 saturated heterocycles. The second kappa shape index (κ2) is 8.41. The van der Waals surface area contributed by atoms with Crippen molar-refractivity contribution in [3.63, 3.8) is 0 Å². The van der Waals surface area contributed by atoms with E-state index in [-0.39, 0.29) is 0 Å². The number of nitrogens with zero attached hydrogens (tertiary/aromatic N) is 2. The molecule has 5 nitrogen and oxygen atoms in total. The van der Waals surface area contributed by atoms with E-state index < -0.39 is 0 Å². The molecule has 7 heteroatoms. The van der Waals surface area contributed by atoms with Crippen molar-refractivity contribution in [1.82, 2.24) is 9.78 Å². The monoisotopic (exact) mass is 452 g/mol. The second-order valence-electron chi connectivity index (χ2n) is 6.10. The van der Waals surface area contributed by atoms with Gasteiger partial charge in [-0.2, -0.15) is 5.10 Å². The van der Waals surface area contributed by atoms with E-state index in [9.17, 15) is 0 Å². The van der Waals surface area contributed by atoms with Gasteiger partial charge in [-0.15, -0.1) is 0 Å². The maximum absolute atomic E-state index is 5.71. The van der Waals surface area contributed by atoms with Crippen LogP contribution in [0.3, 0.4) is 0 Å². The molecule has 0 radical (unpaired) electrons. The number of thiocarbonyl (C=S) groups is 1. The van der Waals surface area contributed by atoms with Gasteiger partial charge in [0, 0.05) is 15.5 Å². The summed E-state index contributed by atoms with van der Waals surface area (Å²) < 4.78 is 8.42. The molecule has 4 rings (SSSR count). The van der Waals surface area contributed by atoms with Gasteiger partial charge in [0.25, 0.3) is 0 Å². The first-order valence-corrected chi connectivity index (χ1v) is 9.84. The van der Waals surface area contributed by atoms with E-state index in [1.54, 1.807) is 10.9 Å². The largest absolute Gasteiger partial charge is 0.471 e. The van der Waals surface area contributed by atoms with Crippen molar-refractivity contribution < 1.29 is 4.74 Å². The summed E-state index contributed by atoms with van der Waals surface area (Å²) in [5, 5.41) is 13.5. The van der Waals surface area contributed by atoms with Crippen molar-refractivity contribution in [2.75, 3.05) is 10.6 Å². The molecule has 0 amide bonds. The Morgan fingerprint density at radius 3 is 2.64 bits per heavy atom. The molecule has 4 aromatic rings. The fourth-order valence-electron chi connectivity index (χ4n) is 2.79. The third kappa shape index (κ3) is 4.49. The predicted molar refractivity (Wildman–Crippen MR) is 121 cm³/mol. The maximum Gasteiger partial charge on any atom is 0.180 e. The number of rotatable bonds is 5. The molecule has 28 heavy (non-hydrogen) atoms. The van der Waals surface area contributed by atoms with Crippen LogP contribution in [0.1, 0.15) is 0 Å². The molecule has 1 aromatic heterocycles. The van der Waals surface area contributed by atoms with Gasteiger partial charge in [0.2, 0.25) is 0 Å². The van der Waals surface area contributed by atoms with E-state index in [1.165, 1.54) is 0 Å². The lowest BCUT2D eigenvalue weighted by Gasteiger charge is -2.11. The Morgan fingerprint density at radius 1 is 1.00 bits per heavy atom. The number of halogens is 1. The quantitative estimate of drug-likeness (QED) is 0.383. The third-order valence-corrected chi connectivity index (χ3v) is 4.84. The Balaban J connectivity index is 1.36. The Kier molecular flexibility index (Phi) is 5.55. The highest BCUT2D eigenvalue weighted by atomic mass is 79.9. The van der Waals surface area contributed by atoms with E-state index in [1.807, 2.05) is 54.7 Å². The van der Waals surface area contributed by atoms with E-state index in [0.29, 0.717) is 11.8 Å². The lowest BCUT2D eigenvalue weighted by Crippen LogP contribution is -2.19. The van der Waals surface area contributed by atoms with Crippen molar-refractivity contribution in [3.05, 3.63) is 83.6 Å². The molecule has 140 valence electrons. The van der Waals surface area contributed by atoms with Gasteiger partial charge in [-0.3, -0.25) is 0 Å². The zero-order valence-electron chi connectivity index (χ0n) is 14.8. The van der Waals surface area contributed by atoms with Gasteiger partial charge in [-0.05, 0) is 47.9 Å². The smallest absolute Gasteiger partial charge is 0.180 e. The van der Waals surface area contributed by atoms with E-state index in [0.717, 1.165) is 32.4 Å². The fraction of sp³-hybridized carbons (Fsp3) is 0.0476. The summed E-state index contributed by atoms with van der Waals surface area (Å²) in [5.41, 5.74) is 1.75. The van der Waals surface area contributed by atoms with Gasteiger partial charge in [0.15, 0.2) is 11.8 Å². The van der Waals surface area contributed by atoms with Crippen LogP contribution in [0, 0.1) is 0 Å². The third-order valence-electron chi connectivity index (χ3n) is 4.11. The lowest BCUT2D eigenvalue weighted by molar-refractivity contribution is 0.221. The zero-order valence-corrected chi connectivity index (χ0v) is 17.2. The minimum Gasteiger partial charge on any atom is -0.471 e. The molecule has 0 bridgehead atoms. The zero-order chi connectivity index (χ0) is 19.3. The molecule has 1 heterocycles. The summed E-state index contributed by atoms with van der Waals surface area (Å²) in [5.74, 6) is 0.779. The van der Waals surface area contributed by atoms with Gasteiger partial charge in [0.05, 0.1) is 18.1 Å². The average Bonchev–Trinajstić information content (AvgIpc) is 3.15. The highest BCUT2D eigenvalue weighted by molar-refractivity contribution is 9.10. The molecule has 0 saturated carbocycles. The van der Waals surface area contributed by atoms with Gasteiger partial charge in [-0.1, -0.05) is 52.3 Å². The maximum atomic E-state index is 5.71. The molecular formula is C21H17BrN4OS. The van der Waals surface area contributed by atoms with E-state index in [4.69, 9.17) is 17.0 Å². The first-order chi connectivity index (χ1) is 13.7. The first-order valence-electron chi connectivity index (χ1n) is 8.64. The molecule has 0 spiro atoms. The second-order valence-corrected chi connectivity index (χ2v) is 7.43. The Hall–Kier alpha value is -2.90. The molecule has 0 aliphatic rings. The number of nitrogens with one attached hydrogen (secondary N) is 2. The number of benzene rings is 3. The van der Waals surface area contributed by atoms with Crippen LogP contribution in [-0.2, 0) is 6.73 Å². The summed E-state index contributed by atoms with van der Waals surface area (Å²) >= 11 is 8.85. The van der Waals surface area contributed by atoms with Gasteiger partial charge in [-0.25, -0.2) is 4.68 Å². The Labute approximate surface area is 176 Å². The minimum atomic E-state index is 0.312. The van der Waals surface area contributed by atoms with Crippen LogP contribution < -0.4 is 15.4 Å². The van der Waals surface area contributed by atoms with Gasteiger partial charge in [0.1, 0.15) is 5.75 Å². The number of aromatic nitrogens is 2. The molecule has 0 aliphatic carbocycles. The highest BCUT2D eigenvalue weighted by Gasteiger charge is 2.05.